The van der Waals surface area contributed by atoms with Crippen molar-refractivity contribution in [2.45, 2.75) is 33.1 Å². The SMILES string of the molecule is COc1ccc(N(C)C(=O)C[C@@H](C)c2c(C)n[nH]c2C)c(OC)c1. The third-order valence-corrected chi connectivity index (χ3v) is 4.28. The Morgan fingerprint density at radius 2 is 2.00 bits per heavy atom. The lowest BCUT2D eigenvalue weighted by Crippen LogP contribution is -2.27. The Bertz CT molecular complexity index is 705. The van der Waals surface area contributed by atoms with Gasteiger partial charge in [-0.3, -0.25) is 9.89 Å². The molecule has 6 nitrogen and oxygen atoms in total. The highest BCUT2D eigenvalue weighted by atomic mass is 16.5. The van der Waals surface area contributed by atoms with Gasteiger partial charge in [0.05, 0.1) is 25.6 Å². The van der Waals surface area contributed by atoms with Crippen LogP contribution in [-0.2, 0) is 4.79 Å². The van der Waals surface area contributed by atoms with Gasteiger partial charge in [-0.25, -0.2) is 0 Å². The van der Waals surface area contributed by atoms with E-state index in [1.54, 1.807) is 32.2 Å². The van der Waals surface area contributed by atoms with E-state index in [2.05, 4.69) is 10.2 Å². The van der Waals surface area contributed by atoms with Crippen molar-refractivity contribution in [2.75, 3.05) is 26.2 Å². The number of hydrogen-bond acceptors (Lipinski definition) is 4. The molecule has 0 fully saturated rings. The second-order valence-electron chi connectivity index (χ2n) is 5.94. The van der Waals surface area contributed by atoms with Crippen LogP contribution >= 0.6 is 0 Å². The molecular weight excluding hydrogens is 306 g/mol. The van der Waals surface area contributed by atoms with Crippen molar-refractivity contribution in [1.29, 1.82) is 0 Å². The Labute approximate surface area is 142 Å². The first-order chi connectivity index (χ1) is 11.4. The molecule has 6 heteroatoms. The van der Waals surface area contributed by atoms with Crippen LogP contribution in [0.4, 0.5) is 5.69 Å². The molecule has 0 aliphatic carbocycles. The molecule has 0 bridgehead atoms. The van der Waals surface area contributed by atoms with Crippen molar-refractivity contribution in [3.8, 4) is 11.5 Å². The third-order valence-electron chi connectivity index (χ3n) is 4.28. The van der Waals surface area contributed by atoms with Gasteiger partial charge < -0.3 is 14.4 Å². The maximum Gasteiger partial charge on any atom is 0.227 e. The van der Waals surface area contributed by atoms with Crippen LogP contribution in [0.25, 0.3) is 0 Å². The predicted molar refractivity (Wildman–Crippen MR) is 94.0 cm³/mol. The number of anilines is 1. The fourth-order valence-electron chi connectivity index (χ4n) is 2.98. The van der Waals surface area contributed by atoms with Gasteiger partial charge in [0.2, 0.25) is 5.91 Å². The lowest BCUT2D eigenvalue weighted by Gasteiger charge is -2.22. The van der Waals surface area contributed by atoms with Crippen molar-refractivity contribution in [3.05, 3.63) is 35.2 Å². The number of nitrogens with zero attached hydrogens (tertiary/aromatic N) is 2. The van der Waals surface area contributed by atoms with Gasteiger partial charge in [-0.2, -0.15) is 5.10 Å². The Morgan fingerprint density at radius 1 is 1.29 bits per heavy atom. The molecule has 0 aliphatic rings. The second kappa shape index (κ2) is 7.38. The highest BCUT2D eigenvalue weighted by molar-refractivity contribution is 5.95. The number of H-pyrrole nitrogens is 1. The molecule has 1 N–H and O–H groups in total. The standard InChI is InChI=1S/C18H25N3O3/c1-11(18-12(2)19-20-13(18)3)9-17(22)21(4)15-8-7-14(23-5)10-16(15)24-6/h7-8,10-11H,9H2,1-6H3,(H,19,20)/t11-/m1/s1. The van der Waals surface area contributed by atoms with E-state index in [0.717, 1.165) is 22.6 Å². The summed E-state index contributed by atoms with van der Waals surface area (Å²) in [5.41, 5.74) is 3.78. The molecular formula is C18H25N3O3. The summed E-state index contributed by atoms with van der Waals surface area (Å²) in [5.74, 6) is 1.40. The molecule has 1 aromatic carbocycles. The zero-order chi connectivity index (χ0) is 17.9. The number of hydrogen-bond donors (Lipinski definition) is 1. The number of nitrogens with one attached hydrogen (secondary N) is 1. The largest absolute Gasteiger partial charge is 0.497 e. The molecule has 0 unspecified atom stereocenters. The molecule has 1 heterocycles. The Hall–Kier alpha value is -2.50. The summed E-state index contributed by atoms with van der Waals surface area (Å²) in [6, 6.07) is 5.41. The number of carbonyl (C=O) groups is 1. The molecule has 1 aromatic heterocycles. The van der Waals surface area contributed by atoms with Crippen LogP contribution in [0.5, 0.6) is 11.5 Å². The Balaban J connectivity index is 2.18. The normalized spacial score (nSPS) is 11.9. The van der Waals surface area contributed by atoms with Gasteiger partial charge in [0, 0.05) is 25.2 Å². The summed E-state index contributed by atoms with van der Waals surface area (Å²) >= 11 is 0. The monoisotopic (exact) mass is 331 g/mol. The molecule has 2 rings (SSSR count). The van der Waals surface area contributed by atoms with E-state index in [0.29, 0.717) is 17.9 Å². The predicted octanol–water partition coefficient (Wildman–Crippen LogP) is 3.20. The van der Waals surface area contributed by atoms with E-state index < -0.39 is 0 Å². The average Bonchev–Trinajstić information content (AvgIpc) is 2.92. The maximum absolute atomic E-state index is 12.7. The van der Waals surface area contributed by atoms with Crippen molar-refractivity contribution < 1.29 is 14.3 Å². The third kappa shape index (κ3) is 3.53. The molecule has 24 heavy (non-hydrogen) atoms. The minimum absolute atomic E-state index is 0.0194. The summed E-state index contributed by atoms with van der Waals surface area (Å²) in [6.07, 6.45) is 0.396. The van der Waals surface area contributed by atoms with Crippen LogP contribution in [0.3, 0.4) is 0 Å². The van der Waals surface area contributed by atoms with Crippen LogP contribution in [0.1, 0.15) is 36.2 Å². The van der Waals surface area contributed by atoms with Gasteiger partial charge in [-0.05, 0) is 37.5 Å². The van der Waals surface area contributed by atoms with Crippen LogP contribution in [0, 0.1) is 13.8 Å². The quantitative estimate of drug-likeness (QED) is 0.882. The summed E-state index contributed by atoms with van der Waals surface area (Å²) in [4.78, 5) is 14.3. The smallest absolute Gasteiger partial charge is 0.227 e. The lowest BCUT2D eigenvalue weighted by molar-refractivity contribution is -0.118. The number of aryl methyl sites for hydroxylation is 2. The molecule has 0 saturated heterocycles. The molecule has 130 valence electrons. The van der Waals surface area contributed by atoms with Crippen molar-refractivity contribution in [1.82, 2.24) is 10.2 Å². The molecule has 0 saturated carbocycles. The fraction of sp³-hybridized carbons (Fsp3) is 0.444. The van der Waals surface area contributed by atoms with E-state index in [4.69, 9.17) is 9.47 Å². The lowest BCUT2D eigenvalue weighted by atomic mass is 9.95. The number of aromatic amines is 1. The van der Waals surface area contributed by atoms with Crippen LogP contribution < -0.4 is 14.4 Å². The summed E-state index contributed by atoms with van der Waals surface area (Å²) in [5, 5.41) is 7.18. The summed E-state index contributed by atoms with van der Waals surface area (Å²) in [6.45, 7) is 5.98. The van der Waals surface area contributed by atoms with Gasteiger partial charge in [0.15, 0.2) is 0 Å². The highest BCUT2D eigenvalue weighted by Crippen LogP contribution is 2.33. The van der Waals surface area contributed by atoms with E-state index in [1.807, 2.05) is 32.9 Å². The van der Waals surface area contributed by atoms with Gasteiger partial charge in [-0.1, -0.05) is 6.92 Å². The minimum Gasteiger partial charge on any atom is -0.497 e. The molecule has 1 amide bonds. The molecule has 1 atom stereocenters. The van der Waals surface area contributed by atoms with Crippen LogP contribution in [0.15, 0.2) is 18.2 Å². The minimum atomic E-state index is 0.0194. The number of ether oxygens (including phenoxy) is 2. The first kappa shape index (κ1) is 17.8. The van der Waals surface area contributed by atoms with Gasteiger partial charge in [0.1, 0.15) is 11.5 Å². The Morgan fingerprint density at radius 3 is 2.54 bits per heavy atom. The molecule has 0 aliphatic heterocycles. The second-order valence-corrected chi connectivity index (χ2v) is 5.94. The van der Waals surface area contributed by atoms with E-state index in [1.165, 1.54) is 0 Å². The first-order valence-electron chi connectivity index (χ1n) is 7.89. The summed E-state index contributed by atoms with van der Waals surface area (Å²) in [7, 11) is 4.94. The van der Waals surface area contributed by atoms with Crippen LogP contribution in [0.2, 0.25) is 0 Å². The maximum atomic E-state index is 12.7. The number of aromatic nitrogens is 2. The van der Waals surface area contributed by atoms with Gasteiger partial charge >= 0.3 is 0 Å². The number of carbonyl (C=O) groups excluding carboxylic acids is 1. The van der Waals surface area contributed by atoms with Gasteiger partial charge in [0.25, 0.3) is 0 Å². The molecule has 0 radical (unpaired) electrons. The van der Waals surface area contributed by atoms with Crippen molar-refractivity contribution in [3.63, 3.8) is 0 Å². The number of benzene rings is 1. The van der Waals surface area contributed by atoms with Crippen molar-refractivity contribution >= 4 is 11.6 Å². The van der Waals surface area contributed by atoms with E-state index in [-0.39, 0.29) is 11.8 Å². The highest BCUT2D eigenvalue weighted by Gasteiger charge is 2.22. The number of rotatable bonds is 6. The van der Waals surface area contributed by atoms with Gasteiger partial charge in [-0.15, -0.1) is 0 Å². The van der Waals surface area contributed by atoms with E-state index in [9.17, 15) is 4.79 Å². The van der Waals surface area contributed by atoms with Crippen molar-refractivity contribution in [2.24, 2.45) is 0 Å². The Kier molecular flexibility index (Phi) is 5.49. The topological polar surface area (TPSA) is 67.5 Å². The number of amides is 1. The average molecular weight is 331 g/mol. The fourth-order valence-corrected chi connectivity index (χ4v) is 2.98. The summed E-state index contributed by atoms with van der Waals surface area (Å²) < 4.78 is 10.6. The zero-order valence-electron chi connectivity index (χ0n) is 15.1. The molecule has 2 aromatic rings. The zero-order valence-corrected chi connectivity index (χ0v) is 15.1. The van der Waals surface area contributed by atoms with Crippen LogP contribution in [-0.4, -0.2) is 37.4 Å². The molecule has 0 spiro atoms. The number of methoxy groups -OCH3 is 2. The van der Waals surface area contributed by atoms with E-state index >= 15 is 0 Å². The first-order valence-corrected chi connectivity index (χ1v) is 7.89.